The molecule has 1 N–H and O–H groups in total. The van der Waals surface area contributed by atoms with E-state index in [9.17, 15) is 12.8 Å². The Labute approximate surface area is 132 Å². The van der Waals surface area contributed by atoms with E-state index >= 15 is 0 Å². The maximum atomic E-state index is 14.0. The SMILES string of the molecule is COc1cc(F)c(NS(=O)(=O)c2ccc(Cl)cc2)cc1OC. The quantitative estimate of drug-likeness (QED) is 0.903. The lowest BCUT2D eigenvalue weighted by molar-refractivity contribution is 0.353. The minimum atomic E-state index is -3.94. The number of ether oxygens (including phenoxy) is 2. The molecule has 0 aromatic heterocycles. The van der Waals surface area contributed by atoms with Crippen LogP contribution in [-0.4, -0.2) is 22.6 Å². The molecular weight excluding hydrogens is 333 g/mol. The summed E-state index contributed by atoms with van der Waals surface area (Å²) in [6.45, 7) is 0. The Bertz CT molecular complexity index is 778. The van der Waals surface area contributed by atoms with Gasteiger partial charge in [-0.1, -0.05) is 11.6 Å². The van der Waals surface area contributed by atoms with Crippen LogP contribution in [0.3, 0.4) is 0 Å². The maximum absolute atomic E-state index is 14.0. The first-order valence-electron chi connectivity index (χ1n) is 6.07. The van der Waals surface area contributed by atoms with Gasteiger partial charge in [-0.25, -0.2) is 12.8 Å². The highest BCUT2D eigenvalue weighted by Gasteiger charge is 2.18. The standard InChI is InChI=1S/C14H13ClFNO4S/c1-20-13-7-11(16)12(8-14(13)21-2)17-22(18,19)10-5-3-9(15)4-6-10/h3-8,17H,1-2H3. The predicted molar refractivity (Wildman–Crippen MR) is 81.8 cm³/mol. The van der Waals surface area contributed by atoms with Gasteiger partial charge in [0.05, 0.1) is 24.8 Å². The van der Waals surface area contributed by atoms with Crippen LogP contribution in [0.15, 0.2) is 41.3 Å². The van der Waals surface area contributed by atoms with Crippen molar-refractivity contribution in [2.45, 2.75) is 4.90 Å². The molecule has 0 spiro atoms. The lowest BCUT2D eigenvalue weighted by Gasteiger charge is -2.13. The summed E-state index contributed by atoms with van der Waals surface area (Å²) in [4.78, 5) is -0.0360. The fraction of sp³-hybridized carbons (Fsp3) is 0.143. The molecule has 0 unspecified atom stereocenters. The predicted octanol–water partition coefficient (Wildman–Crippen LogP) is 3.30. The molecule has 0 fully saturated rings. The number of nitrogens with one attached hydrogen (secondary N) is 1. The lowest BCUT2D eigenvalue weighted by atomic mass is 10.2. The van der Waals surface area contributed by atoms with Crippen LogP contribution < -0.4 is 14.2 Å². The van der Waals surface area contributed by atoms with Crippen molar-refractivity contribution in [1.29, 1.82) is 0 Å². The van der Waals surface area contributed by atoms with Gasteiger partial charge in [0.2, 0.25) is 0 Å². The van der Waals surface area contributed by atoms with Gasteiger partial charge in [-0.15, -0.1) is 0 Å². The second-order valence-electron chi connectivity index (χ2n) is 4.25. The van der Waals surface area contributed by atoms with Crippen molar-refractivity contribution in [3.05, 3.63) is 47.2 Å². The molecule has 22 heavy (non-hydrogen) atoms. The number of hydrogen-bond donors (Lipinski definition) is 1. The van der Waals surface area contributed by atoms with Crippen molar-refractivity contribution in [3.63, 3.8) is 0 Å². The smallest absolute Gasteiger partial charge is 0.261 e. The molecule has 0 aliphatic carbocycles. The van der Waals surface area contributed by atoms with Gasteiger partial charge in [-0.3, -0.25) is 4.72 Å². The molecule has 0 aliphatic rings. The topological polar surface area (TPSA) is 64.6 Å². The first kappa shape index (κ1) is 16.4. The third-order valence-electron chi connectivity index (χ3n) is 2.84. The summed E-state index contributed by atoms with van der Waals surface area (Å²) in [7, 11) is -1.22. The number of rotatable bonds is 5. The summed E-state index contributed by atoms with van der Waals surface area (Å²) in [5.41, 5.74) is -0.243. The Hall–Kier alpha value is -1.99. The summed E-state index contributed by atoms with van der Waals surface area (Å²) in [6, 6.07) is 7.76. The Morgan fingerprint density at radius 1 is 1.05 bits per heavy atom. The zero-order chi connectivity index (χ0) is 16.3. The minimum absolute atomic E-state index is 0.0360. The number of sulfonamides is 1. The fourth-order valence-electron chi connectivity index (χ4n) is 1.75. The highest BCUT2D eigenvalue weighted by Crippen LogP contribution is 2.33. The van der Waals surface area contributed by atoms with Crippen molar-refractivity contribution >= 4 is 27.3 Å². The van der Waals surface area contributed by atoms with Gasteiger partial charge in [0.25, 0.3) is 10.0 Å². The van der Waals surface area contributed by atoms with Gasteiger partial charge in [0.1, 0.15) is 0 Å². The molecule has 2 rings (SSSR count). The van der Waals surface area contributed by atoms with Crippen molar-refractivity contribution in [3.8, 4) is 11.5 Å². The van der Waals surface area contributed by atoms with Crippen molar-refractivity contribution in [1.82, 2.24) is 0 Å². The molecule has 0 saturated carbocycles. The van der Waals surface area contributed by atoms with Crippen LogP contribution in [0.5, 0.6) is 11.5 Å². The monoisotopic (exact) mass is 345 g/mol. The summed E-state index contributed by atoms with van der Waals surface area (Å²) >= 11 is 5.71. The van der Waals surface area contributed by atoms with Gasteiger partial charge >= 0.3 is 0 Å². The Kier molecular flexibility index (Phi) is 4.77. The third kappa shape index (κ3) is 3.42. The van der Waals surface area contributed by atoms with E-state index in [1.54, 1.807) is 0 Å². The molecule has 0 aliphatic heterocycles. The molecule has 2 aromatic carbocycles. The number of hydrogen-bond acceptors (Lipinski definition) is 4. The van der Waals surface area contributed by atoms with Crippen molar-refractivity contribution in [2.24, 2.45) is 0 Å². The van der Waals surface area contributed by atoms with E-state index in [-0.39, 0.29) is 22.1 Å². The van der Waals surface area contributed by atoms with Crippen LogP contribution >= 0.6 is 11.6 Å². The molecule has 0 atom stereocenters. The lowest BCUT2D eigenvalue weighted by Crippen LogP contribution is -2.14. The number of methoxy groups -OCH3 is 2. The van der Waals surface area contributed by atoms with Gasteiger partial charge in [0.15, 0.2) is 17.3 Å². The second kappa shape index (κ2) is 6.41. The second-order valence-corrected chi connectivity index (χ2v) is 6.37. The van der Waals surface area contributed by atoms with E-state index in [1.165, 1.54) is 44.6 Å². The van der Waals surface area contributed by atoms with E-state index in [4.69, 9.17) is 21.1 Å². The first-order valence-corrected chi connectivity index (χ1v) is 7.93. The minimum Gasteiger partial charge on any atom is -0.493 e. The highest BCUT2D eigenvalue weighted by molar-refractivity contribution is 7.92. The largest absolute Gasteiger partial charge is 0.493 e. The van der Waals surface area contributed by atoms with Crippen molar-refractivity contribution < 1.29 is 22.3 Å². The molecule has 8 heteroatoms. The first-order chi connectivity index (χ1) is 10.4. The Morgan fingerprint density at radius 2 is 1.59 bits per heavy atom. The van der Waals surface area contributed by atoms with Gasteiger partial charge in [-0.05, 0) is 24.3 Å². The molecule has 5 nitrogen and oxygen atoms in total. The van der Waals surface area contributed by atoms with Crippen LogP contribution in [0.4, 0.5) is 10.1 Å². The summed E-state index contributed by atoms with van der Waals surface area (Å²) in [5.74, 6) is -0.415. The van der Waals surface area contributed by atoms with Crippen LogP contribution in [0.1, 0.15) is 0 Å². The number of benzene rings is 2. The molecule has 0 saturated heterocycles. The molecule has 0 bridgehead atoms. The highest BCUT2D eigenvalue weighted by atomic mass is 35.5. The average molecular weight is 346 g/mol. The zero-order valence-electron chi connectivity index (χ0n) is 11.8. The number of anilines is 1. The van der Waals surface area contributed by atoms with E-state index in [2.05, 4.69) is 4.72 Å². The summed E-state index contributed by atoms with van der Waals surface area (Å²) < 4.78 is 50.6. The van der Waals surface area contributed by atoms with Crippen LogP contribution in [0.25, 0.3) is 0 Å². The van der Waals surface area contributed by atoms with Crippen LogP contribution in [0, 0.1) is 5.82 Å². The van der Waals surface area contributed by atoms with Crippen LogP contribution in [0.2, 0.25) is 5.02 Å². The summed E-state index contributed by atoms with van der Waals surface area (Å²) in [6.07, 6.45) is 0. The normalized spacial score (nSPS) is 11.1. The molecule has 0 radical (unpaired) electrons. The number of halogens is 2. The Morgan fingerprint density at radius 3 is 2.14 bits per heavy atom. The Balaban J connectivity index is 2.39. The van der Waals surface area contributed by atoms with E-state index in [1.807, 2.05) is 0 Å². The zero-order valence-corrected chi connectivity index (χ0v) is 13.3. The van der Waals surface area contributed by atoms with Gasteiger partial charge in [-0.2, -0.15) is 0 Å². The van der Waals surface area contributed by atoms with Gasteiger partial charge < -0.3 is 9.47 Å². The van der Waals surface area contributed by atoms with E-state index in [0.29, 0.717) is 5.02 Å². The fourth-order valence-corrected chi connectivity index (χ4v) is 2.93. The van der Waals surface area contributed by atoms with E-state index in [0.717, 1.165) is 6.07 Å². The molecule has 0 heterocycles. The molecule has 118 valence electrons. The maximum Gasteiger partial charge on any atom is 0.261 e. The van der Waals surface area contributed by atoms with Gasteiger partial charge in [0, 0.05) is 17.2 Å². The molecule has 0 amide bonds. The van der Waals surface area contributed by atoms with Crippen molar-refractivity contribution in [2.75, 3.05) is 18.9 Å². The molecular formula is C14H13ClFNO4S. The third-order valence-corrected chi connectivity index (χ3v) is 4.47. The summed E-state index contributed by atoms with van der Waals surface area (Å²) in [5, 5.41) is 0.399. The van der Waals surface area contributed by atoms with Crippen LogP contribution in [-0.2, 0) is 10.0 Å². The molecule has 2 aromatic rings. The van der Waals surface area contributed by atoms with E-state index < -0.39 is 15.8 Å². The average Bonchev–Trinajstić information content (AvgIpc) is 2.49.